The molecule has 1 aromatic heterocycles. The normalized spacial score (nSPS) is 17.8. The monoisotopic (exact) mass is 301 g/mol. The van der Waals surface area contributed by atoms with E-state index in [1.807, 2.05) is 13.8 Å². The third-order valence-electron chi connectivity index (χ3n) is 3.82. The third-order valence-corrected chi connectivity index (χ3v) is 3.82. The summed E-state index contributed by atoms with van der Waals surface area (Å²) in [5.74, 6) is 1.68. The first-order valence-electron chi connectivity index (χ1n) is 7.06. The summed E-state index contributed by atoms with van der Waals surface area (Å²) in [7, 11) is 0. The molecule has 20 heavy (non-hydrogen) atoms. The van der Waals surface area contributed by atoms with Crippen LogP contribution in [0.5, 0.6) is 0 Å². The van der Waals surface area contributed by atoms with Crippen molar-refractivity contribution in [2.75, 3.05) is 19.6 Å². The summed E-state index contributed by atoms with van der Waals surface area (Å²) in [6.45, 7) is 6.65. The maximum atomic E-state index is 11.7. The minimum Gasteiger partial charge on any atom is -0.361 e. The van der Waals surface area contributed by atoms with Gasteiger partial charge in [0.05, 0.1) is 5.69 Å². The number of nitrogens with one attached hydrogen (secondary N) is 2. The van der Waals surface area contributed by atoms with Gasteiger partial charge < -0.3 is 15.2 Å². The van der Waals surface area contributed by atoms with Crippen molar-refractivity contribution in [1.82, 2.24) is 15.8 Å². The zero-order valence-corrected chi connectivity index (χ0v) is 13.0. The van der Waals surface area contributed by atoms with Crippen molar-refractivity contribution in [3.8, 4) is 0 Å². The Hall–Kier alpha value is -1.07. The fourth-order valence-electron chi connectivity index (χ4n) is 2.57. The van der Waals surface area contributed by atoms with Crippen LogP contribution in [0.2, 0.25) is 0 Å². The van der Waals surface area contributed by atoms with Crippen LogP contribution >= 0.6 is 12.4 Å². The number of hydrogen-bond donors (Lipinski definition) is 2. The van der Waals surface area contributed by atoms with Crippen LogP contribution in [0.3, 0.4) is 0 Å². The van der Waals surface area contributed by atoms with Crippen molar-refractivity contribution in [3.63, 3.8) is 0 Å². The molecule has 0 aromatic carbocycles. The lowest BCUT2D eigenvalue weighted by atomic mass is 10.0. The Labute approximate surface area is 126 Å². The van der Waals surface area contributed by atoms with Crippen molar-refractivity contribution >= 4 is 18.3 Å². The second-order valence-electron chi connectivity index (χ2n) is 5.30. The fraction of sp³-hybridized carbons (Fsp3) is 0.714. The molecular weight excluding hydrogens is 278 g/mol. The number of aromatic nitrogens is 1. The molecular formula is C14H24ClN3O2. The van der Waals surface area contributed by atoms with E-state index >= 15 is 0 Å². The summed E-state index contributed by atoms with van der Waals surface area (Å²) in [6, 6.07) is 0. The minimum absolute atomic E-state index is 0. The smallest absolute Gasteiger partial charge is 0.220 e. The van der Waals surface area contributed by atoms with Gasteiger partial charge in [0.15, 0.2) is 0 Å². The lowest BCUT2D eigenvalue weighted by molar-refractivity contribution is -0.121. The molecule has 1 amide bonds. The molecule has 1 atom stereocenters. The van der Waals surface area contributed by atoms with Crippen molar-refractivity contribution in [2.45, 2.75) is 39.5 Å². The van der Waals surface area contributed by atoms with E-state index in [0.717, 1.165) is 42.9 Å². The molecule has 0 aliphatic carbocycles. The zero-order chi connectivity index (χ0) is 13.7. The van der Waals surface area contributed by atoms with Crippen molar-refractivity contribution < 1.29 is 9.32 Å². The van der Waals surface area contributed by atoms with Crippen LogP contribution in [-0.2, 0) is 11.2 Å². The predicted molar refractivity (Wildman–Crippen MR) is 80.1 cm³/mol. The first kappa shape index (κ1) is 17.0. The van der Waals surface area contributed by atoms with Gasteiger partial charge in [0.1, 0.15) is 5.76 Å². The number of rotatable bonds is 6. The fourth-order valence-corrected chi connectivity index (χ4v) is 2.57. The summed E-state index contributed by atoms with van der Waals surface area (Å²) < 4.78 is 5.10. The van der Waals surface area contributed by atoms with Gasteiger partial charge in [0.2, 0.25) is 5.91 Å². The number of hydrogen-bond acceptors (Lipinski definition) is 4. The van der Waals surface area contributed by atoms with E-state index in [1.54, 1.807) is 0 Å². The van der Waals surface area contributed by atoms with Crippen LogP contribution in [-0.4, -0.2) is 30.7 Å². The maximum absolute atomic E-state index is 11.7. The second-order valence-corrected chi connectivity index (χ2v) is 5.30. The first-order chi connectivity index (χ1) is 9.16. The summed E-state index contributed by atoms with van der Waals surface area (Å²) >= 11 is 0. The van der Waals surface area contributed by atoms with E-state index in [-0.39, 0.29) is 18.3 Å². The molecule has 114 valence electrons. The Bertz CT molecular complexity index is 409. The van der Waals surface area contributed by atoms with E-state index in [0.29, 0.717) is 18.9 Å². The molecule has 1 aromatic rings. The molecule has 0 spiro atoms. The number of nitrogens with zero attached hydrogens (tertiary/aromatic N) is 1. The number of amides is 1. The van der Waals surface area contributed by atoms with Crippen LogP contribution in [0.25, 0.3) is 0 Å². The Morgan fingerprint density at radius 3 is 2.90 bits per heavy atom. The van der Waals surface area contributed by atoms with E-state index in [1.165, 1.54) is 6.42 Å². The van der Waals surface area contributed by atoms with Gasteiger partial charge in [-0.3, -0.25) is 4.79 Å². The highest BCUT2D eigenvalue weighted by molar-refractivity contribution is 5.85. The van der Waals surface area contributed by atoms with Gasteiger partial charge in [0.25, 0.3) is 0 Å². The Balaban J connectivity index is 0.00000200. The Morgan fingerprint density at radius 2 is 2.30 bits per heavy atom. The van der Waals surface area contributed by atoms with Gasteiger partial charge in [-0.25, -0.2) is 0 Å². The molecule has 0 radical (unpaired) electrons. The van der Waals surface area contributed by atoms with Gasteiger partial charge in [0, 0.05) is 18.5 Å². The van der Waals surface area contributed by atoms with Gasteiger partial charge in [-0.15, -0.1) is 12.4 Å². The molecule has 1 aliphatic rings. The highest BCUT2D eigenvalue weighted by Crippen LogP contribution is 2.14. The molecule has 0 bridgehead atoms. The molecule has 2 rings (SSSR count). The van der Waals surface area contributed by atoms with Crippen LogP contribution in [0.15, 0.2) is 4.52 Å². The van der Waals surface area contributed by atoms with Gasteiger partial charge >= 0.3 is 0 Å². The van der Waals surface area contributed by atoms with Gasteiger partial charge in [-0.1, -0.05) is 5.16 Å². The largest absolute Gasteiger partial charge is 0.361 e. The van der Waals surface area contributed by atoms with Crippen molar-refractivity contribution in [1.29, 1.82) is 0 Å². The average molecular weight is 302 g/mol. The molecule has 2 N–H and O–H groups in total. The Morgan fingerprint density at radius 1 is 1.50 bits per heavy atom. The quantitative estimate of drug-likeness (QED) is 0.840. The molecule has 1 aliphatic heterocycles. The van der Waals surface area contributed by atoms with Crippen LogP contribution in [0.1, 0.15) is 36.3 Å². The predicted octanol–water partition coefficient (Wildman–Crippen LogP) is 1.76. The molecule has 1 fully saturated rings. The number of carbonyl (C=O) groups is 1. The number of aryl methyl sites for hydroxylation is 2. The highest BCUT2D eigenvalue weighted by Gasteiger charge is 2.15. The van der Waals surface area contributed by atoms with E-state index in [9.17, 15) is 4.79 Å². The van der Waals surface area contributed by atoms with Crippen molar-refractivity contribution in [3.05, 3.63) is 17.0 Å². The zero-order valence-electron chi connectivity index (χ0n) is 12.2. The summed E-state index contributed by atoms with van der Waals surface area (Å²) in [4.78, 5) is 11.7. The summed E-state index contributed by atoms with van der Waals surface area (Å²) in [6.07, 6.45) is 3.61. The molecule has 1 saturated heterocycles. The molecule has 2 heterocycles. The molecule has 1 unspecified atom stereocenters. The lowest BCUT2D eigenvalue weighted by Gasteiger charge is -2.08. The SMILES string of the molecule is Cc1noc(C)c1CCNC(=O)CCC1CCNC1.Cl. The average Bonchev–Trinajstić information content (AvgIpc) is 3.00. The van der Waals surface area contributed by atoms with E-state index < -0.39 is 0 Å². The van der Waals surface area contributed by atoms with Crippen LogP contribution in [0.4, 0.5) is 0 Å². The van der Waals surface area contributed by atoms with Crippen LogP contribution in [0, 0.1) is 19.8 Å². The van der Waals surface area contributed by atoms with E-state index in [4.69, 9.17) is 4.52 Å². The molecule has 6 heteroatoms. The molecule has 0 saturated carbocycles. The van der Waals surface area contributed by atoms with Gasteiger partial charge in [-0.05, 0) is 52.1 Å². The number of carbonyl (C=O) groups excluding carboxylic acids is 1. The van der Waals surface area contributed by atoms with Gasteiger partial charge in [-0.2, -0.15) is 0 Å². The lowest BCUT2D eigenvalue weighted by Crippen LogP contribution is -2.26. The minimum atomic E-state index is 0. The standard InChI is InChI=1S/C14H23N3O2.ClH/c1-10-13(11(2)19-17-10)6-8-16-14(18)4-3-12-5-7-15-9-12;/h12,15H,3-9H2,1-2H3,(H,16,18);1H. The topological polar surface area (TPSA) is 67.2 Å². The van der Waals surface area contributed by atoms with Crippen LogP contribution < -0.4 is 10.6 Å². The molecule has 5 nitrogen and oxygen atoms in total. The maximum Gasteiger partial charge on any atom is 0.220 e. The summed E-state index contributed by atoms with van der Waals surface area (Å²) in [5, 5.41) is 10.2. The van der Waals surface area contributed by atoms with E-state index in [2.05, 4.69) is 15.8 Å². The number of halogens is 1. The third kappa shape index (κ3) is 4.80. The highest BCUT2D eigenvalue weighted by atomic mass is 35.5. The van der Waals surface area contributed by atoms with Crippen molar-refractivity contribution in [2.24, 2.45) is 5.92 Å². The summed E-state index contributed by atoms with van der Waals surface area (Å²) in [5.41, 5.74) is 2.03. The first-order valence-corrected chi connectivity index (χ1v) is 7.06. The second kappa shape index (κ2) is 8.27. The Kier molecular flexibility index (Phi) is 7.02.